The zero-order chi connectivity index (χ0) is 15.8. The van der Waals surface area contributed by atoms with Gasteiger partial charge in [0.25, 0.3) is 0 Å². The quantitative estimate of drug-likeness (QED) is 0.853. The third-order valence-electron chi connectivity index (χ3n) is 3.61. The number of benzene rings is 1. The molecule has 1 aliphatic rings. The second-order valence-corrected chi connectivity index (χ2v) is 8.55. The van der Waals surface area contributed by atoms with Gasteiger partial charge in [0.05, 0.1) is 6.04 Å². The Labute approximate surface area is 126 Å². The molecule has 0 heterocycles. The summed E-state index contributed by atoms with van der Waals surface area (Å²) < 4.78 is 54.0. The smallest absolute Gasteiger partial charge is 0.248 e. The van der Waals surface area contributed by atoms with Crippen LogP contribution in [0.4, 0.5) is 13.2 Å². The summed E-state index contributed by atoms with van der Waals surface area (Å²) in [5, 5.41) is 0. The number of alkyl halides is 2. The summed E-state index contributed by atoms with van der Waals surface area (Å²) >= 11 is -1.37. The minimum absolute atomic E-state index is 0.233. The van der Waals surface area contributed by atoms with Crippen LogP contribution in [0, 0.1) is 11.7 Å². The van der Waals surface area contributed by atoms with Gasteiger partial charge < -0.3 is 4.55 Å². The number of hydrogen-bond donors (Lipinski definition) is 1. The van der Waals surface area contributed by atoms with E-state index in [1.807, 2.05) is 20.8 Å². The number of rotatable bonds is 4. The molecule has 1 aromatic carbocycles. The van der Waals surface area contributed by atoms with Gasteiger partial charge in [-0.1, -0.05) is 12.1 Å². The molecule has 0 amide bonds. The van der Waals surface area contributed by atoms with Gasteiger partial charge in [0.1, 0.15) is 10.6 Å². The Kier molecular flexibility index (Phi) is 4.61. The van der Waals surface area contributed by atoms with Crippen LogP contribution >= 0.6 is 0 Å². The molecule has 1 fully saturated rings. The van der Waals surface area contributed by atoms with Crippen molar-refractivity contribution in [2.24, 2.45) is 5.92 Å². The van der Waals surface area contributed by atoms with Gasteiger partial charge in [-0.2, -0.15) is 0 Å². The predicted molar refractivity (Wildman–Crippen MR) is 77.8 cm³/mol. The van der Waals surface area contributed by atoms with Crippen molar-refractivity contribution in [1.29, 1.82) is 0 Å². The maximum atomic E-state index is 13.1. The van der Waals surface area contributed by atoms with Gasteiger partial charge in [0, 0.05) is 24.2 Å². The highest BCUT2D eigenvalue weighted by Crippen LogP contribution is 2.48. The van der Waals surface area contributed by atoms with Crippen LogP contribution in [0.2, 0.25) is 0 Å². The van der Waals surface area contributed by atoms with Gasteiger partial charge in [-0.05, 0) is 44.4 Å². The molecule has 118 valence electrons. The van der Waals surface area contributed by atoms with Gasteiger partial charge >= 0.3 is 0 Å². The predicted octanol–water partition coefficient (Wildman–Crippen LogP) is 3.96. The molecule has 0 saturated heterocycles. The molecule has 0 spiro atoms. The lowest BCUT2D eigenvalue weighted by Gasteiger charge is -2.41. The second kappa shape index (κ2) is 5.82. The standard InChI is InChI=1S/C15H20F3NOS/c1-14(2,3)21(20)19-13(11-8-15(17,18)9-11)10-4-6-12(16)7-5-10/h4-7,11,13,19H,8-9H2,1-3H3/t13-,21+/m1/s1. The molecular weight excluding hydrogens is 299 g/mol. The normalized spacial score (nSPS) is 21.7. The summed E-state index contributed by atoms with van der Waals surface area (Å²) in [6, 6.07) is 5.25. The Bertz CT molecular complexity index is 479. The first-order valence-corrected chi connectivity index (χ1v) is 8.05. The van der Waals surface area contributed by atoms with E-state index in [1.54, 1.807) is 12.1 Å². The van der Waals surface area contributed by atoms with Crippen LogP contribution in [0.1, 0.15) is 45.2 Å². The molecule has 1 N–H and O–H groups in total. The van der Waals surface area contributed by atoms with Gasteiger partial charge in [0.15, 0.2) is 0 Å². The van der Waals surface area contributed by atoms with Crippen molar-refractivity contribution in [2.75, 3.05) is 0 Å². The molecule has 0 aromatic heterocycles. The number of nitrogens with one attached hydrogen (secondary N) is 1. The highest BCUT2D eigenvalue weighted by molar-refractivity contribution is 7.90. The Balaban J connectivity index is 2.17. The van der Waals surface area contributed by atoms with E-state index in [-0.39, 0.29) is 24.6 Å². The summed E-state index contributed by atoms with van der Waals surface area (Å²) in [4.78, 5) is 0. The van der Waals surface area contributed by atoms with Gasteiger partial charge in [-0.15, -0.1) is 4.72 Å². The van der Waals surface area contributed by atoms with E-state index in [9.17, 15) is 17.7 Å². The topological polar surface area (TPSA) is 35.1 Å². The maximum absolute atomic E-state index is 13.1. The molecule has 6 heteroatoms. The molecule has 0 unspecified atom stereocenters. The first-order valence-electron chi connectivity index (χ1n) is 6.90. The SMILES string of the molecule is CC(C)(C)[S@+]([O-])N[C@H](c1ccc(F)cc1)C1CC(F)(F)C1. The molecule has 2 rings (SSSR count). The van der Waals surface area contributed by atoms with E-state index < -0.39 is 28.1 Å². The maximum Gasteiger partial charge on any atom is 0.248 e. The third-order valence-corrected chi connectivity index (χ3v) is 5.19. The Hall–Kier alpha value is -0.720. The number of hydrogen-bond acceptors (Lipinski definition) is 2. The van der Waals surface area contributed by atoms with Crippen LogP contribution in [0.3, 0.4) is 0 Å². The van der Waals surface area contributed by atoms with Crippen molar-refractivity contribution in [3.05, 3.63) is 35.6 Å². The lowest BCUT2D eigenvalue weighted by molar-refractivity contribution is -0.118. The van der Waals surface area contributed by atoms with E-state index in [4.69, 9.17) is 0 Å². The van der Waals surface area contributed by atoms with Gasteiger partial charge in [-0.3, -0.25) is 0 Å². The van der Waals surface area contributed by atoms with Crippen LogP contribution < -0.4 is 4.72 Å². The zero-order valence-electron chi connectivity index (χ0n) is 12.3. The highest BCUT2D eigenvalue weighted by Gasteiger charge is 2.50. The monoisotopic (exact) mass is 319 g/mol. The molecule has 2 atom stereocenters. The minimum atomic E-state index is -2.64. The van der Waals surface area contributed by atoms with Crippen molar-refractivity contribution in [1.82, 2.24) is 4.72 Å². The molecule has 1 aromatic rings. The largest absolute Gasteiger partial charge is 0.598 e. The van der Waals surface area contributed by atoms with Crippen molar-refractivity contribution >= 4 is 11.4 Å². The first kappa shape index (κ1) is 16.6. The summed E-state index contributed by atoms with van der Waals surface area (Å²) in [5.74, 6) is -3.32. The van der Waals surface area contributed by atoms with Crippen LogP contribution in [0.15, 0.2) is 24.3 Å². The fourth-order valence-corrected chi connectivity index (χ4v) is 3.25. The molecule has 0 aliphatic heterocycles. The minimum Gasteiger partial charge on any atom is -0.598 e. The Morgan fingerprint density at radius 3 is 2.19 bits per heavy atom. The molecule has 0 bridgehead atoms. The summed E-state index contributed by atoms with van der Waals surface area (Å²) in [7, 11) is 0. The molecule has 0 radical (unpaired) electrons. The van der Waals surface area contributed by atoms with Crippen LogP contribution in [0.5, 0.6) is 0 Å². The summed E-state index contributed by atoms with van der Waals surface area (Å²) in [6.45, 7) is 5.44. The average molecular weight is 319 g/mol. The van der Waals surface area contributed by atoms with E-state index in [0.29, 0.717) is 5.56 Å². The fourth-order valence-electron chi connectivity index (χ4n) is 2.34. The zero-order valence-corrected chi connectivity index (χ0v) is 13.1. The molecular formula is C15H20F3NOS. The van der Waals surface area contributed by atoms with Gasteiger partial charge in [0.2, 0.25) is 5.92 Å². The molecule has 1 aliphatic carbocycles. The Morgan fingerprint density at radius 1 is 1.24 bits per heavy atom. The van der Waals surface area contributed by atoms with Crippen molar-refractivity contribution in [3.63, 3.8) is 0 Å². The lowest BCUT2D eigenvalue weighted by Crippen LogP contribution is -2.48. The van der Waals surface area contributed by atoms with Crippen LogP contribution in [-0.4, -0.2) is 15.2 Å². The van der Waals surface area contributed by atoms with Crippen molar-refractivity contribution < 1.29 is 17.7 Å². The van der Waals surface area contributed by atoms with Crippen molar-refractivity contribution in [3.8, 4) is 0 Å². The average Bonchev–Trinajstić information content (AvgIpc) is 2.33. The van der Waals surface area contributed by atoms with E-state index in [1.165, 1.54) is 12.1 Å². The third kappa shape index (κ3) is 4.14. The van der Waals surface area contributed by atoms with Crippen LogP contribution in [-0.2, 0) is 11.4 Å². The van der Waals surface area contributed by atoms with Crippen molar-refractivity contribution in [2.45, 2.75) is 50.3 Å². The Morgan fingerprint density at radius 2 is 1.76 bits per heavy atom. The van der Waals surface area contributed by atoms with E-state index in [0.717, 1.165) is 0 Å². The summed E-state index contributed by atoms with van der Waals surface area (Å²) in [6.07, 6.45) is -0.466. The molecule has 2 nitrogen and oxygen atoms in total. The lowest BCUT2D eigenvalue weighted by atomic mass is 9.74. The van der Waals surface area contributed by atoms with Crippen LogP contribution in [0.25, 0.3) is 0 Å². The van der Waals surface area contributed by atoms with Gasteiger partial charge in [-0.25, -0.2) is 13.2 Å². The van der Waals surface area contributed by atoms with E-state index in [2.05, 4.69) is 4.72 Å². The fraction of sp³-hybridized carbons (Fsp3) is 0.600. The summed E-state index contributed by atoms with van der Waals surface area (Å²) in [5.41, 5.74) is 0.689. The molecule has 1 saturated carbocycles. The number of halogens is 3. The first-order chi connectivity index (χ1) is 9.58. The van der Waals surface area contributed by atoms with E-state index >= 15 is 0 Å². The second-order valence-electron chi connectivity index (χ2n) is 6.55. The molecule has 21 heavy (non-hydrogen) atoms. The highest BCUT2D eigenvalue weighted by atomic mass is 32.2.